The van der Waals surface area contributed by atoms with Gasteiger partial charge in [-0.25, -0.2) is 0 Å². The summed E-state index contributed by atoms with van der Waals surface area (Å²) in [5.74, 6) is 0.444. The number of aromatic hydroxyl groups is 1. The van der Waals surface area contributed by atoms with E-state index in [4.69, 9.17) is 10.00 Å². The van der Waals surface area contributed by atoms with Gasteiger partial charge in [-0.3, -0.25) is 0 Å². The minimum Gasteiger partial charge on any atom is -0.504 e. The smallest absolute Gasteiger partial charge is 0.162 e. The Morgan fingerprint density at radius 3 is 2.88 bits per heavy atom. The van der Waals surface area contributed by atoms with Crippen molar-refractivity contribution in [3.05, 3.63) is 23.3 Å². The first-order valence-electron chi connectivity index (χ1n) is 5.51. The van der Waals surface area contributed by atoms with Crippen LogP contribution in [0.5, 0.6) is 11.5 Å². The number of nitrogens with one attached hydrogen (secondary N) is 2. The van der Waals surface area contributed by atoms with Gasteiger partial charge in [0.05, 0.1) is 18.7 Å². The fourth-order valence-corrected chi connectivity index (χ4v) is 1.99. The summed E-state index contributed by atoms with van der Waals surface area (Å²) >= 11 is 0. The molecule has 0 amide bonds. The van der Waals surface area contributed by atoms with Crippen LogP contribution in [-0.4, -0.2) is 31.9 Å². The Bertz CT molecular complexity index is 448. The van der Waals surface area contributed by atoms with Gasteiger partial charge in [0.2, 0.25) is 0 Å². The second kappa shape index (κ2) is 5.04. The highest BCUT2D eigenvalue weighted by molar-refractivity contribution is 5.53. The minimum absolute atomic E-state index is 0.00551. The number of hydrogen-bond acceptors (Lipinski definition) is 5. The van der Waals surface area contributed by atoms with Crippen LogP contribution in [0.25, 0.3) is 0 Å². The number of phenolic OH excluding ortho intramolecular Hbond substituents is 1. The van der Waals surface area contributed by atoms with Crippen molar-refractivity contribution >= 4 is 0 Å². The van der Waals surface area contributed by atoms with Crippen molar-refractivity contribution in [2.24, 2.45) is 0 Å². The molecule has 0 aliphatic carbocycles. The second-order valence-electron chi connectivity index (χ2n) is 3.94. The first kappa shape index (κ1) is 11.7. The molecule has 3 N–H and O–H groups in total. The molecule has 1 heterocycles. The molecule has 5 nitrogen and oxygen atoms in total. The molecule has 0 aromatic heterocycles. The van der Waals surface area contributed by atoms with E-state index in [1.807, 2.05) is 0 Å². The van der Waals surface area contributed by atoms with Crippen molar-refractivity contribution in [1.29, 1.82) is 5.26 Å². The standard InChI is InChI=1S/C12H15N3O2/c1-17-11-5-8(6-13)4-9(12(11)16)10-7-14-2-3-15-10/h4-5,10,14-16H,2-3,7H2,1H3/t10-/m0/s1. The lowest BCUT2D eigenvalue weighted by molar-refractivity contribution is 0.358. The number of piperazine rings is 1. The van der Waals surface area contributed by atoms with E-state index in [0.717, 1.165) is 19.6 Å². The number of ether oxygens (including phenoxy) is 1. The van der Waals surface area contributed by atoms with Gasteiger partial charge in [-0.05, 0) is 6.07 Å². The summed E-state index contributed by atoms with van der Waals surface area (Å²) in [6.07, 6.45) is 0. The molecule has 1 atom stereocenters. The normalized spacial score (nSPS) is 19.6. The van der Waals surface area contributed by atoms with Gasteiger partial charge in [0, 0.05) is 37.3 Å². The Balaban J connectivity index is 2.40. The molecular weight excluding hydrogens is 218 g/mol. The van der Waals surface area contributed by atoms with Crippen LogP contribution in [-0.2, 0) is 0 Å². The summed E-state index contributed by atoms with van der Waals surface area (Å²) in [5, 5.41) is 25.5. The topological polar surface area (TPSA) is 77.3 Å². The van der Waals surface area contributed by atoms with E-state index < -0.39 is 0 Å². The first-order chi connectivity index (χ1) is 8.26. The maximum absolute atomic E-state index is 10.1. The fourth-order valence-electron chi connectivity index (χ4n) is 1.99. The fraction of sp³-hybridized carbons (Fsp3) is 0.417. The Hall–Kier alpha value is -1.77. The number of nitriles is 1. The molecule has 90 valence electrons. The SMILES string of the molecule is COc1cc(C#N)cc([C@@H]2CNCCN2)c1O. The predicted molar refractivity (Wildman–Crippen MR) is 63.0 cm³/mol. The molecule has 0 spiro atoms. The molecule has 1 aromatic rings. The van der Waals surface area contributed by atoms with Crippen molar-refractivity contribution in [1.82, 2.24) is 10.6 Å². The lowest BCUT2D eigenvalue weighted by Crippen LogP contribution is -2.42. The van der Waals surface area contributed by atoms with Gasteiger partial charge >= 0.3 is 0 Å². The van der Waals surface area contributed by atoms with Gasteiger partial charge in [-0.15, -0.1) is 0 Å². The van der Waals surface area contributed by atoms with E-state index in [1.165, 1.54) is 13.2 Å². The van der Waals surface area contributed by atoms with E-state index in [1.54, 1.807) is 6.07 Å². The molecule has 1 aliphatic rings. The summed E-state index contributed by atoms with van der Waals surface area (Å²) in [7, 11) is 1.48. The zero-order valence-corrected chi connectivity index (χ0v) is 9.66. The number of methoxy groups -OCH3 is 1. The molecule has 0 radical (unpaired) electrons. The first-order valence-corrected chi connectivity index (χ1v) is 5.51. The molecule has 17 heavy (non-hydrogen) atoms. The molecule has 0 saturated carbocycles. The van der Waals surface area contributed by atoms with E-state index in [-0.39, 0.29) is 11.8 Å². The third-order valence-corrected chi connectivity index (χ3v) is 2.87. The third-order valence-electron chi connectivity index (χ3n) is 2.87. The molecule has 0 unspecified atom stereocenters. The highest BCUT2D eigenvalue weighted by atomic mass is 16.5. The average Bonchev–Trinajstić information content (AvgIpc) is 2.40. The molecule has 0 bridgehead atoms. The summed E-state index contributed by atoms with van der Waals surface area (Å²) in [6.45, 7) is 2.47. The monoisotopic (exact) mass is 233 g/mol. The summed E-state index contributed by atoms with van der Waals surface area (Å²) in [6, 6.07) is 5.31. The van der Waals surface area contributed by atoms with Crippen molar-refractivity contribution in [3.63, 3.8) is 0 Å². The molecule has 1 aliphatic heterocycles. The highest BCUT2D eigenvalue weighted by Crippen LogP contribution is 2.35. The van der Waals surface area contributed by atoms with Gasteiger partial charge in [0.25, 0.3) is 0 Å². The molecule has 1 aromatic carbocycles. The quantitative estimate of drug-likeness (QED) is 0.693. The van der Waals surface area contributed by atoms with Gasteiger partial charge in [0.1, 0.15) is 0 Å². The molecule has 1 saturated heterocycles. The predicted octanol–water partition coefficient (Wildman–Crippen LogP) is 0.506. The van der Waals surface area contributed by atoms with Gasteiger partial charge < -0.3 is 20.5 Å². The maximum Gasteiger partial charge on any atom is 0.162 e. The number of rotatable bonds is 2. The third kappa shape index (κ3) is 2.33. The summed E-state index contributed by atoms with van der Waals surface area (Å²) < 4.78 is 5.07. The van der Waals surface area contributed by atoms with E-state index in [2.05, 4.69) is 16.7 Å². The Labute approximate surface area is 100 Å². The van der Waals surface area contributed by atoms with Crippen LogP contribution in [0.4, 0.5) is 0 Å². The largest absolute Gasteiger partial charge is 0.504 e. The number of phenols is 1. The van der Waals surface area contributed by atoms with Gasteiger partial charge in [-0.2, -0.15) is 5.26 Å². The summed E-state index contributed by atoms with van der Waals surface area (Å²) in [4.78, 5) is 0. The van der Waals surface area contributed by atoms with Crippen molar-refractivity contribution in [3.8, 4) is 17.6 Å². The maximum atomic E-state index is 10.1. The van der Waals surface area contributed by atoms with Crippen LogP contribution in [0.1, 0.15) is 17.2 Å². The van der Waals surface area contributed by atoms with Crippen LogP contribution in [0.3, 0.4) is 0 Å². The average molecular weight is 233 g/mol. The van der Waals surface area contributed by atoms with E-state index in [0.29, 0.717) is 16.9 Å². The number of nitrogens with zero attached hydrogens (tertiary/aromatic N) is 1. The van der Waals surface area contributed by atoms with Crippen LogP contribution in [0.15, 0.2) is 12.1 Å². The Morgan fingerprint density at radius 1 is 1.47 bits per heavy atom. The lowest BCUT2D eigenvalue weighted by atomic mass is 10.0. The summed E-state index contributed by atoms with van der Waals surface area (Å²) in [5.41, 5.74) is 1.19. The van der Waals surface area contributed by atoms with Gasteiger partial charge in [-0.1, -0.05) is 0 Å². The number of benzene rings is 1. The van der Waals surface area contributed by atoms with Crippen molar-refractivity contribution in [2.45, 2.75) is 6.04 Å². The number of hydrogen-bond donors (Lipinski definition) is 3. The van der Waals surface area contributed by atoms with Crippen molar-refractivity contribution < 1.29 is 9.84 Å². The van der Waals surface area contributed by atoms with Crippen LogP contribution in [0.2, 0.25) is 0 Å². The lowest BCUT2D eigenvalue weighted by Gasteiger charge is -2.26. The molecule has 5 heteroatoms. The Morgan fingerprint density at radius 2 is 2.29 bits per heavy atom. The van der Waals surface area contributed by atoms with Gasteiger partial charge in [0.15, 0.2) is 11.5 Å². The van der Waals surface area contributed by atoms with Crippen LogP contribution < -0.4 is 15.4 Å². The molecule has 1 fully saturated rings. The van der Waals surface area contributed by atoms with Crippen LogP contribution in [0, 0.1) is 11.3 Å². The molecular formula is C12H15N3O2. The van der Waals surface area contributed by atoms with Crippen LogP contribution >= 0.6 is 0 Å². The zero-order valence-electron chi connectivity index (χ0n) is 9.66. The molecule has 2 rings (SSSR count). The zero-order chi connectivity index (χ0) is 12.3. The second-order valence-corrected chi connectivity index (χ2v) is 3.94. The highest BCUT2D eigenvalue weighted by Gasteiger charge is 2.20. The minimum atomic E-state index is 0.00551. The Kier molecular flexibility index (Phi) is 3.47. The van der Waals surface area contributed by atoms with E-state index >= 15 is 0 Å². The van der Waals surface area contributed by atoms with E-state index in [9.17, 15) is 5.11 Å². The van der Waals surface area contributed by atoms with Crippen molar-refractivity contribution in [2.75, 3.05) is 26.7 Å².